The second-order valence-corrected chi connectivity index (χ2v) is 7.26. The lowest BCUT2D eigenvalue weighted by Gasteiger charge is -2.06. The number of carbonyl (C=O) groups excluding carboxylic acids is 1. The number of nitrogens with zero attached hydrogens (tertiary/aromatic N) is 5. The second-order valence-electron chi connectivity index (χ2n) is 5.38. The molecule has 0 atom stereocenters. The molecule has 3 rings (SSSR count). The summed E-state index contributed by atoms with van der Waals surface area (Å²) in [7, 11) is 0. The molecular weight excluding hydrogens is 356 g/mol. The van der Waals surface area contributed by atoms with Gasteiger partial charge < -0.3 is 5.32 Å². The van der Waals surface area contributed by atoms with Crippen LogP contribution in [0.5, 0.6) is 0 Å². The van der Waals surface area contributed by atoms with Crippen LogP contribution in [0, 0.1) is 0 Å². The molecular formula is C16H18N6OS2. The Morgan fingerprint density at radius 2 is 2.28 bits per heavy atom. The van der Waals surface area contributed by atoms with Crippen molar-refractivity contribution >= 4 is 34.7 Å². The van der Waals surface area contributed by atoms with Crippen LogP contribution in [-0.4, -0.2) is 31.1 Å². The van der Waals surface area contributed by atoms with Crippen LogP contribution in [0.3, 0.4) is 0 Å². The van der Waals surface area contributed by atoms with Crippen molar-refractivity contribution in [3.63, 3.8) is 0 Å². The fourth-order valence-electron chi connectivity index (χ4n) is 2.23. The number of aromatic nitrogens is 5. The summed E-state index contributed by atoms with van der Waals surface area (Å²) in [6.45, 7) is 3.63. The summed E-state index contributed by atoms with van der Waals surface area (Å²) in [6.07, 6.45) is 2.12. The molecule has 0 fully saturated rings. The van der Waals surface area contributed by atoms with E-state index in [1.165, 1.54) is 23.7 Å². The number of benzene rings is 1. The summed E-state index contributed by atoms with van der Waals surface area (Å²) in [5, 5.41) is 18.6. The van der Waals surface area contributed by atoms with Gasteiger partial charge in [0, 0.05) is 23.7 Å². The number of tetrazole rings is 1. The van der Waals surface area contributed by atoms with Gasteiger partial charge in [0.05, 0.1) is 16.4 Å². The maximum atomic E-state index is 11.2. The topological polar surface area (TPSA) is 85.6 Å². The van der Waals surface area contributed by atoms with Crippen molar-refractivity contribution in [1.29, 1.82) is 0 Å². The molecule has 130 valence electrons. The van der Waals surface area contributed by atoms with E-state index in [-0.39, 0.29) is 5.91 Å². The maximum absolute atomic E-state index is 11.2. The van der Waals surface area contributed by atoms with E-state index in [1.54, 1.807) is 16.0 Å². The van der Waals surface area contributed by atoms with Gasteiger partial charge in [-0.2, -0.15) is 4.68 Å². The molecule has 1 amide bonds. The monoisotopic (exact) mass is 374 g/mol. The summed E-state index contributed by atoms with van der Waals surface area (Å²) in [5.41, 5.74) is 2.55. The van der Waals surface area contributed by atoms with Crippen LogP contribution in [0.2, 0.25) is 0 Å². The smallest absolute Gasteiger partial charge is 0.221 e. The van der Waals surface area contributed by atoms with Gasteiger partial charge in [-0.25, -0.2) is 4.98 Å². The normalized spacial score (nSPS) is 10.8. The number of rotatable bonds is 7. The predicted octanol–water partition coefficient (Wildman–Crippen LogP) is 3.32. The lowest BCUT2D eigenvalue weighted by atomic mass is 10.3. The minimum absolute atomic E-state index is 0.116. The second kappa shape index (κ2) is 8.21. The number of hydrogen-bond donors (Lipinski definition) is 1. The van der Waals surface area contributed by atoms with Crippen molar-refractivity contribution in [1.82, 2.24) is 25.2 Å². The highest BCUT2D eigenvalue weighted by Gasteiger charge is 2.11. The zero-order valence-corrected chi connectivity index (χ0v) is 15.6. The quantitative estimate of drug-likeness (QED) is 0.639. The lowest BCUT2D eigenvalue weighted by Crippen LogP contribution is -2.07. The Kier molecular flexibility index (Phi) is 5.77. The van der Waals surface area contributed by atoms with E-state index in [4.69, 9.17) is 0 Å². The van der Waals surface area contributed by atoms with Crippen LogP contribution < -0.4 is 5.32 Å². The third-order valence-corrected chi connectivity index (χ3v) is 5.17. The van der Waals surface area contributed by atoms with Crippen molar-refractivity contribution in [2.75, 3.05) is 5.32 Å². The molecule has 0 aliphatic rings. The largest absolute Gasteiger partial charge is 0.326 e. The van der Waals surface area contributed by atoms with Gasteiger partial charge in [0.15, 0.2) is 0 Å². The molecule has 1 N–H and O–H groups in total. The van der Waals surface area contributed by atoms with Gasteiger partial charge in [-0.15, -0.1) is 16.4 Å². The summed E-state index contributed by atoms with van der Waals surface area (Å²) >= 11 is 3.23. The first-order valence-corrected chi connectivity index (χ1v) is 9.74. The number of thiazole rings is 1. The molecule has 2 aromatic heterocycles. The third kappa shape index (κ3) is 4.64. The van der Waals surface area contributed by atoms with Gasteiger partial charge in [-0.1, -0.05) is 24.8 Å². The minimum atomic E-state index is -0.116. The molecule has 9 heteroatoms. The third-order valence-electron chi connectivity index (χ3n) is 3.26. The van der Waals surface area contributed by atoms with Crippen molar-refractivity contribution in [3.8, 4) is 5.69 Å². The van der Waals surface area contributed by atoms with Crippen LogP contribution in [-0.2, 0) is 17.0 Å². The molecule has 0 saturated carbocycles. The Morgan fingerprint density at radius 1 is 1.40 bits per heavy atom. The minimum Gasteiger partial charge on any atom is -0.326 e. The highest BCUT2D eigenvalue weighted by Crippen LogP contribution is 2.24. The molecule has 0 aliphatic heterocycles. The first-order chi connectivity index (χ1) is 12.2. The summed E-state index contributed by atoms with van der Waals surface area (Å²) in [6, 6.07) is 7.42. The van der Waals surface area contributed by atoms with Gasteiger partial charge >= 0.3 is 0 Å². The molecule has 0 spiro atoms. The van der Waals surface area contributed by atoms with Crippen LogP contribution in [0.15, 0.2) is 34.8 Å². The van der Waals surface area contributed by atoms with E-state index in [1.807, 2.05) is 24.3 Å². The molecule has 0 radical (unpaired) electrons. The Balaban J connectivity index is 1.72. The standard InChI is InChI=1S/C16H18N6OS2/c1-3-5-15-18-13(9-24-15)10-25-16-19-20-21-22(16)14-7-4-6-12(8-14)17-11(2)23/h4,6-9H,3,5,10H2,1-2H3,(H,17,23). The van der Waals surface area contributed by atoms with Gasteiger partial charge in [0.2, 0.25) is 11.1 Å². The van der Waals surface area contributed by atoms with Gasteiger partial charge in [0.1, 0.15) is 0 Å². The van der Waals surface area contributed by atoms with Crippen molar-refractivity contribution < 1.29 is 4.79 Å². The zero-order valence-electron chi connectivity index (χ0n) is 14.0. The predicted molar refractivity (Wildman–Crippen MR) is 99.1 cm³/mol. The molecule has 0 unspecified atom stereocenters. The SMILES string of the molecule is CCCc1nc(CSc2nnnn2-c2cccc(NC(C)=O)c2)cs1. The van der Waals surface area contributed by atoms with Gasteiger partial charge in [-0.3, -0.25) is 4.79 Å². The number of thioether (sulfide) groups is 1. The van der Waals surface area contributed by atoms with Crippen molar-refractivity contribution in [2.24, 2.45) is 0 Å². The van der Waals surface area contributed by atoms with Crippen molar-refractivity contribution in [2.45, 2.75) is 37.6 Å². The average molecular weight is 374 g/mol. The van der Waals surface area contributed by atoms with Gasteiger partial charge in [-0.05, 0) is 41.5 Å². The Bertz CT molecular complexity index is 860. The van der Waals surface area contributed by atoms with E-state index in [0.717, 1.165) is 24.2 Å². The number of aryl methyl sites for hydroxylation is 1. The van der Waals surface area contributed by atoms with Crippen LogP contribution in [0.4, 0.5) is 5.69 Å². The number of nitrogens with one attached hydrogen (secondary N) is 1. The van der Waals surface area contributed by atoms with Crippen LogP contribution in [0.1, 0.15) is 31.0 Å². The number of anilines is 1. The van der Waals surface area contributed by atoms with E-state index in [0.29, 0.717) is 16.6 Å². The molecule has 1 aromatic carbocycles. The summed E-state index contributed by atoms with van der Waals surface area (Å²) < 4.78 is 1.66. The van der Waals surface area contributed by atoms with Crippen molar-refractivity contribution in [3.05, 3.63) is 40.3 Å². The van der Waals surface area contributed by atoms with E-state index >= 15 is 0 Å². The molecule has 2 heterocycles. The lowest BCUT2D eigenvalue weighted by molar-refractivity contribution is -0.114. The van der Waals surface area contributed by atoms with E-state index in [2.05, 4.69) is 38.1 Å². The molecule has 7 nitrogen and oxygen atoms in total. The fourth-order valence-corrected chi connectivity index (χ4v) is 4.02. The first kappa shape index (κ1) is 17.6. The highest BCUT2D eigenvalue weighted by atomic mass is 32.2. The van der Waals surface area contributed by atoms with Crippen LogP contribution in [0.25, 0.3) is 5.69 Å². The number of carbonyl (C=O) groups is 1. The van der Waals surface area contributed by atoms with Gasteiger partial charge in [0.25, 0.3) is 0 Å². The Morgan fingerprint density at radius 3 is 3.08 bits per heavy atom. The summed E-state index contributed by atoms with van der Waals surface area (Å²) in [4.78, 5) is 15.8. The number of hydrogen-bond acceptors (Lipinski definition) is 7. The first-order valence-electron chi connectivity index (χ1n) is 7.88. The average Bonchev–Trinajstić information content (AvgIpc) is 3.22. The maximum Gasteiger partial charge on any atom is 0.221 e. The molecule has 0 aliphatic carbocycles. The number of amides is 1. The molecule has 0 bridgehead atoms. The highest BCUT2D eigenvalue weighted by molar-refractivity contribution is 7.98. The van der Waals surface area contributed by atoms with E-state index in [9.17, 15) is 4.79 Å². The summed E-state index contributed by atoms with van der Waals surface area (Å²) in [5.74, 6) is 0.598. The zero-order chi connectivity index (χ0) is 17.6. The fraction of sp³-hybridized carbons (Fsp3) is 0.312. The molecule has 3 aromatic rings. The molecule has 0 saturated heterocycles. The Labute approximate surface area is 153 Å². The Hall–Kier alpha value is -2.26. The van der Waals surface area contributed by atoms with Crippen LogP contribution >= 0.6 is 23.1 Å². The van der Waals surface area contributed by atoms with E-state index < -0.39 is 0 Å². The molecule has 25 heavy (non-hydrogen) atoms.